The van der Waals surface area contributed by atoms with Crippen LogP contribution in [0.2, 0.25) is 0 Å². The maximum absolute atomic E-state index is 9.04. The molecule has 0 bridgehead atoms. The quantitative estimate of drug-likeness (QED) is 0.509. The second-order valence-electron chi connectivity index (χ2n) is 4.46. The molecule has 7 heteroatoms. The SMILES string of the molecule is OB(O)c1ccc(CNc2ccnc3cn[nH]c23)cc1. The van der Waals surface area contributed by atoms with Crippen molar-refractivity contribution in [1.82, 2.24) is 15.2 Å². The summed E-state index contributed by atoms with van der Waals surface area (Å²) in [6, 6.07) is 8.98. The van der Waals surface area contributed by atoms with Gasteiger partial charge >= 0.3 is 7.12 Å². The Balaban J connectivity index is 1.74. The minimum atomic E-state index is -1.43. The Morgan fingerprint density at radius 3 is 2.70 bits per heavy atom. The third kappa shape index (κ3) is 2.49. The number of aromatic amines is 1. The number of H-pyrrole nitrogens is 1. The number of anilines is 1. The van der Waals surface area contributed by atoms with Crippen LogP contribution in [0.3, 0.4) is 0 Å². The number of nitrogens with zero attached hydrogens (tertiary/aromatic N) is 2. The highest BCUT2D eigenvalue weighted by Crippen LogP contribution is 2.18. The minimum Gasteiger partial charge on any atom is -0.423 e. The van der Waals surface area contributed by atoms with Crippen molar-refractivity contribution in [2.45, 2.75) is 6.54 Å². The average Bonchev–Trinajstić information content (AvgIpc) is 2.94. The number of hydrogen-bond donors (Lipinski definition) is 4. The second-order valence-corrected chi connectivity index (χ2v) is 4.46. The zero-order valence-corrected chi connectivity index (χ0v) is 10.6. The van der Waals surface area contributed by atoms with E-state index in [1.165, 1.54) is 0 Å². The highest BCUT2D eigenvalue weighted by molar-refractivity contribution is 6.58. The van der Waals surface area contributed by atoms with E-state index in [0.29, 0.717) is 12.0 Å². The Morgan fingerprint density at radius 1 is 1.15 bits per heavy atom. The Bertz CT molecular complexity index is 712. The van der Waals surface area contributed by atoms with Gasteiger partial charge in [-0.3, -0.25) is 10.1 Å². The highest BCUT2D eigenvalue weighted by atomic mass is 16.4. The second kappa shape index (κ2) is 5.32. The Kier molecular flexibility index (Phi) is 3.36. The van der Waals surface area contributed by atoms with Gasteiger partial charge in [0, 0.05) is 12.7 Å². The van der Waals surface area contributed by atoms with Gasteiger partial charge in [-0.1, -0.05) is 24.3 Å². The van der Waals surface area contributed by atoms with Crippen LogP contribution in [0, 0.1) is 0 Å². The molecule has 0 spiro atoms. The molecule has 0 amide bonds. The van der Waals surface area contributed by atoms with Crippen LogP contribution in [0.25, 0.3) is 11.0 Å². The van der Waals surface area contributed by atoms with Crippen LogP contribution in [0.5, 0.6) is 0 Å². The smallest absolute Gasteiger partial charge is 0.423 e. The van der Waals surface area contributed by atoms with Crippen LogP contribution in [0.4, 0.5) is 5.69 Å². The predicted molar refractivity (Wildman–Crippen MR) is 77.5 cm³/mol. The third-order valence-electron chi connectivity index (χ3n) is 3.10. The first-order chi connectivity index (χ1) is 9.74. The fourth-order valence-corrected chi connectivity index (χ4v) is 2.00. The molecule has 0 unspecified atom stereocenters. The predicted octanol–water partition coefficient (Wildman–Crippen LogP) is 0.250. The third-order valence-corrected chi connectivity index (χ3v) is 3.10. The molecule has 1 aromatic carbocycles. The number of aromatic nitrogens is 3. The molecule has 2 heterocycles. The maximum atomic E-state index is 9.04. The molecule has 0 saturated heterocycles. The fraction of sp³-hybridized carbons (Fsp3) is 0.0769. The fourth-order valence-electron chi connectivity index (χ4n) is 2.00. The van der Waals surface area contributed by atoms with E-state index in [4.69, 9.17) is 10.0 Å². The van der Waals surface area contributed by atoms with E-state index in [1.54, 1.807) is 24.5 Å². The van der Waals surface area contributed by atoms with Crippen molar-refractivity contribution in [1.29, 1.82) is 0 Å². The summed E-state index contributed by atoms with van der Waals surface area (Å²) in [4.78, 5) is 4.20. The van der Waals surface area contributed by atoms with Crippen LogP contribution in [0.15, 0.2) is 42.7 Å². The molecule has 0 aliphatic carbocycles. The number of pyridine rings is 1. The van der Waals surface area contributed by atoms with Gasteiger partial charge in [-0.25, -0.2) is 0 Å². The first kappa shape index (κ1) is 12.6. The molecule has 0 atom stereocenters. The van der Waals surface area contributed by atoms with Gasteiger partial charge in [-0.2, -0.15) is 5.10 Å². The number of rotatable bonds is 4. The summed E-state index contributed by atoms with van der Waals surface area (Å²) in [7, 11) is -1.43. The first-order valence-electron chi connectivity index (χ1n) is 6.21. The molecular weight excluding hydrogens is 255 g/mol. The van der Waals surface area contributed by atoms with Gasteiger partial charge in [0.15, 0.2) is 0 Å². The molecule has 3 rings (SSSR count). The van der Waals surface area contributed by atoms with Crippen molar-refractivity contribution in [2.75, 3.05) is 5.32 Å². The highest BCUT2D eigenvalue weighted by Gasteiger charge is 2.09. The number of fused-ring (bicyclic) bond motifs is 1. The molecule has 100 valence electrons. The van der Waals surface area contributed by atoms with Gasteiger partial charge in [0.2, 0.25) is 0 Å². The van der Waals surface area contributed by atoms with Crippen LogP contribution in [0.1, 0.15) is 5.56 Å². The van der Waals surface area contributed by atoms with Crippen molar-refractivity contribution < 1.29 is 10.0 Å². The molecule has 2 aromatic heterocycles. The lowest BCUT2D eigenvalue weighted by atomic mass is 9.80. The van der Waals surface area contributed by atoms with Crippen molar-refractivity contribution in [3.05, 3.63) is 48.3 Å². The molecule has 0 aliphatic heterocycles. The standard InChI is InChI=1S/C13H13BN4O2/c19-14(20)10-3-1-9(2-4-10)7-16-11-5-6-15-12-8-17-18-13(11)12/h1-6,8,19-20H,7H2,(H,15,16)(H,17,18). The number of nitrogens with one attached hydrogen (secondary N) is 2. The lowest BCUT2D eigenvalue weighted by Gasteiger charge is -2.08. The lowest BCUT2D eigenvalue weighted by Crippen LogP contribution is -2.29. The number of hydrogen-bond acceptors (Lipinski definition) is 5. The molecule has 6 nitrogen and oxygen atoms in total. The summed E-state index contributed by atoms with van der Waals surface area (Å²) < 4.78 is 0. The molecule has 0 aliphatic rings. The summed E-state index contributed by atoms with van der Waals surface area (Å²) >= 11 is 0. The van der Waals surface area contributed by atoms with E-state index < -0.39 is 7.12 Å². The molecular formula is C13H13BN4O2. The zero-order chi connectivity index (χ0) is 13.9. The summed E-state index contributed by atoms with van der Waals surface area (Å²) in [5, 5.41) is 28.3. The van der Waals surface area contributed by atoms with Crippen molar-refractivity contribution >= 4 is 29.3 Å². The van der Waals surface area contributed by atoms with Gasteiger partial charge < -0.3 is 15.4 Å². The van der Waals surface area contributed by atoms with Gasteiger partial charge in [-0.15, -0.1) is 0 Å². The van der Waals surface area contributed by atoms with Crippen molar-refractivity contribution in [2.24, 2.45) is 0 Å². The van der Waals surface area contributed by atoms with Crippen molar-refractivity contribution in [3.63, 3.8) is 0 Å². The summed E-state index contributed by atoms with van der Waals surface area (Å²) in [5.41, 5.74) is 4.13. The summed E-state index contributed by atoms with van der Waals surface area (Å²) in [6.07, 6.45) is 3.41. The van der Waals surface area contributed by atoms with Crippen LogP contribution < -0.4 is 10.8 Å². The van der Waals surface area contributed by atoms with Crippen LogP contribution >= 0.6 is 0 Å². The van der Waals surface area contributed by atoms with Crippen LogP contribution in [-0.4, -0.2) is 32.3 Å². The molecule has 0 saturated carbocycles. The molecule has 4 N–H and O–H groups in total. The Hall–Kier alpha value is -2.38. The summed E-state index contributed by atoms with van der Waals surface area (Å²) in [5.74, 6) is 0. The van der Waals surface area contributed by atoms with E-state index in [0.717, 1.165) is 22.3 Å². The normalized spacial score (nSPS) is 10.7. The van der Waals surface area contributed by atoms with E-state index in [2.05, 4.69) is 20.5 Å². The van der Waals surface area contributed by atoms with E-state index in [-0.39, 0.29) is 0 Å². The molecule has 20 heavy (non-hydrogen) atoms. The van der Waals surface area contributed by atoms with E-state index in [1.807, 2.05) is 18.2 Å². The Morgan fingerprint density at radius 2 is 1.95 bits per heavy atom. The van der Waals surface area contributed by atoms with Gasteiger partial charge in [0.05, 0.1) is 11.9 Å². The molecule has 3 aromatic rings. The lowest BCUT2D eigenvalue weighted by molar-refractivity contribution is 0.426. The van der Waals surface area contributed by atoms with Crippen LogP contribution in [-0.2, 0) is 6.54 Å². The Labute approximate surface area is 115 Å². The summed E-state index contributed by atoms with van der Waals surface area (Å²) in [6.45, 7) is 0.625. The van der Waals surface area contributed by atoms with Gasteiger partial charge in [0.25, 0.3) is 0 Å². The number of benzene rings is 1. The maximum Gasteiger partial charge on any atom is 0.488 e. The van der Waals surface area contributed by atoms with Gasteiger partial charge in [0.1, 0.15) is 11.0 Å². The van der Waals surface area contributed by atoms with Gasteiger partial charge in [-0.05, 0) is 17.1 Å². The minimum absolute atomic E-state index is 0.480. The van der Waals surface area contributed by atoms with E-state index in [9.17, 15) is 0 Å². The largest absolute Gasteiger partial charge is 0.488 e. The zero-order valence-electron chi connectivity index (χ0n) is 10.6. The first-order valence-corrected chi connectivity index (χ1v) is 6.21. The molecule has 0 fully saturated rings. The average molecular weight is 268 g/mol. The van der Waals surface area contributed by atoms with Crippen molar-refractivity contribution in [3.8, 4) is 0 Å². The monoisotopic (exact) mass is 268 g/mol. The van der Waals surface area contributed by atoms with E-state index >= 15 is 0 Å². The molecule has 0 radical (unpaired) electrons. The topological polar surface area (TPSA) is 94.1 Å².